The van der Waals surface area contributed by atoms with Crippen molar-refractivity contribution < 1.29 is 0 Å². The van der Waals surface area contributed by atoms with Crippen LogP contribution in [0.3, 0.4) is 0 Å². The molecular formula is C15H24N2. The third-order valence-electron chi connectivity index (χ3n) is 3.73. The minimum Gasteiger partial charge on any atom is -0.374 e. The molecule has 17 heavy (non-hydrogen) atoms. The average molecular weight is 232 g/mol. The first-order chi connectivity index (χ1) is 8.31. The quantitative estimate of drug-likeness (QED) is 0.811. The molecule has 0 aliphatic heterocycles. The lowest BCUT2D eigenvalue weighted by Crippen LogP contribution is -2.30. The second kappa shape index (κ2) is 6.06. The summed E-state index contributed by atoms with van der Waals surface area (Å²) in [6.07, 6.45) is 4.26. The molecule has 1 N–H and O–H groups in total. The Morgan fingerprint density at radius 3 is 2.71 bits per heavy atom. The van der Waals surface area contributed by atoms with Crippen LogP contribution in [0.1, 0.15) is 31.7 Å². The van der Waals surface area contributed by atoms with E-state index in [1.54, 1.807) is 0 Å². The summed E-state index contributed by atoms with van der Waals surface area (Å²) in [5.41, 5.74) is 2.80. The Labute approximate surface area is 105 Å². The molecule has 1 fully saturated rings. The van der Waals surface area contributed by atoms with E-state index < -0.39 is 0 Å². The van der Waals surface area contributed by atoms with Crippen LogP contribution in [0.5, 0.6) is 0 Å². The topological polar surface area (TPSA) is 15.3 Å². The molecule has 0 atom stereocenters. The summed E-state index contributed by atoms with van der Waals surface area (Å²) >= 11 is 0. The summed E-state index contributed by atoms with van der Waals surface area (Å²) in [4.78, 5) is 2.43. The van der Waals surface area contributed by atoms with Crippen LogP contribution >= 0.6 is 0 Å². The first-order valence-electron chi connectivity index (χ1n) is 6.81. The van der Waals surface area contributed by atoms with Gasteiger partial charge >= 0.3 is 0 Å². The number of nitrogens with one attached hydrogen (secondary N) is 1. The lowest BCUT2D eigenvalue weighted by Gasteiger charge is -2.32. The first kappa shape index (κ1) is 12.4. The Bertz CT molecular complexity index is 345. The molecule has 0 saturated heterocycles. The lowest BCUT2D eigenvalue weighted by molar-refractivity contribution is 0.321. The van der Waals surface area contributed by atoms with Gasteiger partial charge in [0.05, 0.1) is 0 Å². The van der Waals surface area contributed by atoms with Crippen LogP contribution < -0.4 is 10.2 Å². The highest BCUT2D eigenvalue weighted by molar-refractivity contribution is 5.53. The van der Waals surface area contributed by atoms with Crippen molar-refractivity contribution in [3.05, 3.63) is 29.8 Å². The molecule has 1 aromatic carbocycles. The largest absolute Gasteiger partial charge is 0.374 e. The summed E-state index contributed by atoms with van der Waals surface area (Å²) in [5.74, 6) is 0.923. The van der Waals surface area contributed by atoms with Gasteiger partial charge in [0.25, 0.3) is 0 Å². The van der Waals surface area contributed by atoms with Crippen LogP contribution in [0.25, 0.3) is 0 Å². The minimum absolute atomic E-state index is 0.923. The molecule has 0 radical (unpaired) electrons. The van der Waals surface area contributed by atoms with Crippen molar-refractivity contribution in [2.75, 3.05) is 25.0 Å². The average Bonchev–Trinajstić information content (AvgIpc) is 2.31. The van der Waals surface area contributed by atoms with Gasteiger partial charge in [0.15, 0.2) is 0 Å². The third kappa shape index (κ3) is 3.22. The number of nitrogens with zero attached hydrogens (tertiary/aromatic N) is 1. The molecule has 0 heterocycles. The zero-order valence-electron chi connectivity index (χ0n) is 11.1. The predicted octanol–water partition coefficient (Wildman–Crippen LogP) is 3.03. The Hall–Kier alpha value is -1.02. The van der Waals surface area contributed by atoms with E-state index in [4.69, 9.17) is 0 Å². The van der Waals surface area contributed by atoms with E-state index in [1.165, 1.54) is 37.1 Å². The maximum absolute atomic E-state index is 3.41. The third-order valence-corrected chi connectivity index (χ3v) is 3.73. The molecule has 2 nitrogen and oxygen atoms in total. The number of rotatable bonds is 6. The molecule has 1 aromatic rings. The molecule has 0 aromatic heterocycles. The van der Waals surface area contributed by atoms with Crippen molar-refractivity contribution in [1.82, 2.24) is 5.32 Å². The summed E-state index contributed by atoms with van der Waals surface area (Å²) in [5, 5.41) is 3.41. The van der Waals surface area contributed by atoms with Gasteiger partial charge in [-0.25, -0.2) is 0 Å². The van der Waals surface area contributed by atoms with Gasteiger partial charge in [-0.3, -0.25) is 0 Å². The molecule has 0 unspecified atom stereocenters. The standard InChI is InChI=1S/C15H24N2/c1-3-16-11-14-9-4-5-10-15(14)17(2)12-13-7-6-8-13/h4-5,9-10,13,16H,3,6-8,11-12H2,1-2H3. The van der Waals surface area contributed by atoms with E-state index in [0.717, 1.165) is 19.0 Å². The smallest absolute Gasteiger partial charge is 0.0409 e. The summed E-state index contributed by atoms with van der Waals surface area (Å²) in [6, 6.07) is 8.75. The first-order valence-corrected chi connectivity index (χ1v) is 6.81. The Morgan fingerprint density at radius 1 is 1.29 bits per heavy atom. The van der Waals surface area contributed by atoms with E-state index >= 15 is 0 Å². The van der Waals surface area contributed by atoms with E-state index in [0.29, 0.717) is 0 Å². The normalized spacial score (nSPS) is 15.6. The minimum atomic E-state index is 0.923. The molecule has 2 heteroatoms. The van der Waals surface area contributed by atoms with Crippen LogP contribution in [0.4, 0.5) is 5.69 Å². The van der Waals surface area contributed by atoms with Crippen molar-refractivity contribution in [2.45, 2.75) is 32.7 Å². The van der Waals surface area contributed by atoms with Gasteiger partial charge in [0.1, 0.15) is 0 Å². The molecule has 1 saturated carbocycles. The summed E-state index contributed by atoms with van der Waals surface area (Å²) < 4.78 is 0. The molecule has 2 rings (SSSR count). The molecular weight excluding hydrogens is 208 g/mol. The Morgan fingerprint density at radius 2 is 2.06 bits per heavy atom. The Kier molecular flexibility index (Phi) is 4.43. The van der Waals surface area contributed by atoms with Crippen molar-refractivity contribution in [3.8, 4) is 0 Å². The van der Waals surface area contributed by atoms with E-state index in [2.05, 4.69) is 48.5 Å². The fraction of sp³-hybridized carbons (Fsp3) is 0.600. The van der Waals surface area contributed by atoms with Gasteiger partial charge in [0, 0.05) is 25.8 Å². The molecule has 1 aliphatic carbocycles. The van der Waals surface area contributed by atoms with Crippen molar-refractivity contribution >= 4 is 5.69 Å². The molecule has 0 spiro atoms. The van der Waals surface area contributed by atoms with Gasteiger partial charge in [-0.1, -0.05) is 31.5 Å². The summed E-state index contributed by atoms with van der Waals surface area (Å²) in [7, 11) is 2.23. The lowest BCUT2D eigenvalue weighted by atomic mass is 9.85. The molecule has 0 bridgehead atoms. The number of benzene rings is 1. The molecule has 0 amide bonds. The maximum atomic E-state index is 3.41. The van der Waals surface area contributed by atoms with Crippen LogP contribution in [0.2, 0.25) is 0 Å². The zero-order chi connectivity index (χ0) is 12.1. The Balaban J connectivity index is 2.01. The van der Waals surface area contributed by atoms with Crippen LogP contribution in [-0.4, -0.2) is 20.1 Å². The van der Waals surface area contributed by atoms with Crippen molar-refractivity contribution in [1.29, 1.82) is 0 Å². The number of anilines is 1. The second-order valence-corrected chi connectivity index (χ2v) is 5.09. The van der Waals surface area contributed by atoms with Crippen LogP contribution in [0, 0.1) is 5.92 Å². The van der Waals surface area contributed by atoms with Crippen molar-refractivity contribution in [3.63, 3.8) is 0 Å². The van der Waals surface area contributed by atoms with Crippen molar-refractivity contribution in [2.24, 2.45) is 5.92 Å². The van der Waals surface area contributed by atoms with Gasteiger partial charge < -0.3 is 10.2 Å². The van der Waals surface area contributed by atoms with Gasteiger partial charge in [-0.05, 0) is 36.9 Å². The van der Waals surface area contributed by atoms with E-state index in [-0.39, 0.29) is 0 Å². The highest BCUT2D eigenvalue weighted by Crippen LogP contribution is 2.29. The number of hydrogen-bond donors (Lipinski definition) is 1. The highest BCUT2D eigenvalue weighted by atomic mass is 15.1. The van der Waals surface area contributed by atoms with Crippen LogP contribution in [0.15, 0.2) is 24.3 Å². The number of hydrogen-bond acceptors (Lipinski definition) is 2. The SMILES string of the molecule is CCNCc1ccccc1N(C)CC1CCC1. The van der Waals surface area contributed by atoms with Crippen LogP contribution in [-0.2, 0) is 6.54 Å². The fourth-order valence-corrected chi connectivity index (χ4v) is 2.45. The molecule has 94 valence electrons. The monoisotopic (exact) mass is 232 g/mol. The highest BCUT2D eigenvalue weighted by Gasteiger charge is 2.19. The summed E-state index contributed by atoms with van der Waals surface area (Å²) in [6.45, 7) is 5.37. The van der Waals surface area contributed by atoms with Gasteiger partial charge in [-0.2, -0.15) is 0 Å². The zero-order valence-corrected chi connectivity index (χ0v) is 11.1. The van der Waals surface area contributed by atoms with Gasteiger partial charge in [-0.15, -0.1) is 0 Å². The van der Waals surface area contributed by atoms with Gasteiger partial charge in [0.2, 0.25) is 0 Å². The molecule has 1 aliphatic rings. The predicted molar refractivity (Wildman–Crippen MR) is 74.4 cm³/mol. The van der Waals surface area contributed by atoms with E-state index in [1.807, 2.05) is 0 Å². The van der Waals surface area contributed by atoms with E-state index in [9.17, 15) is 0 Å². The number of para-hydroxylation sites is 1. The fourth-order valence-electron chi connectivity index (χ4n) is 2.45. The maximum Gasteiger partial charge on any atom is 0.0409 e. The second-order valence-electron chi connectivity index (χ2n) is 5.09.